The summed E-state index contributed by atoms with van der Waals surface area (Å²) >= 11 is 0. The Morgan fingerprint density at radius 3 is 2.23 bits per heavy atom. The third-order valence-electron chi connectivity index (χ3n) is 3.40. The molecule has 0 unspecified atom stereocenters. The highest BCUT2D eigenvalue weighted by molar-refractivity contribution is 6.21. The molecule has 0 bridgehead atoms. The van der Waals surface area contributed by atoms with Crippen LogP contribution in [-0.4, -0.2) is 25.8 Å². The van der Waals surface area contributed by atoms with Gasteiger partial charge in [0, 0.05) is 5.57 Å². The van der Waals surface area contributed by atoms with E-state index in [9.17, 15) is 9.59 Å². The molecule has 0 radical (unpaired) electrons. The Hall–Kier alpha value is -2.10. The van der Waals surface area contributed by atoms with E-state index in [0.29, 0.717) is 12.0 Å². The Balaban J connectivity index is 2.77. The van der Waals surface area contributed by atoms with Gasteiger partial charge in [0.15, 0.2) is 0 Å². The van der Waals surface area contributed by atoms with Crippen molar-refractivity contribution in [3.8, 4) is 0 Å². The zero-order chi connectivity index (χ0) is 16.7. The van der Waals surface area contributed by atoms with Crippen LogP contribution in [0.3, 0.4) is 0 Å². The van der Waals surface area contributed by atoms with Crippen molar-refractivity contribution in [2.24, 2.45) is 0 Å². The van der Waals surface area contributed by atoms with E-state index in [0.717, 1.165) is 12.8 Å². The Bertz CT molecular complexity index is 570. The minimum atomic E-state index is -0.329. The number of Topliss-reactive ketones (excluding diaryl/α,β-unsaturated/α-hetero) is 1. The summed E-state index contributed by atoms with van der Waals surface area (Å²) in [7, 11) is 2.72. The summed E-state index contributed by atoms with van der Waals surface area (Å²) < 4.78 is 9.97. The van der Waals surface area contributed by atoms with Crippen molar-refractivity contribution in [3.63, 3.8) is 0 Å². The lowest BCUT2D eigenvalue weighted by molar-refractivity contribution is -0.120. The molecular weight excluding hydrogens is 280 g/mol. The van der Waals surface area contributed by atoms with E-state index in [1.807, 2.05) is 13.0 Å². The molecule has 0 aromatic carbocycles. The predicted octanol–water partition coefficient (Wildman–Crippen LogP) is 3.65. The fraction of sp³-hybridized carbons (Fsp3) is 0.444. The van der Waals surface area contributed by atoms with E-state index in [1.165, 1.54) is 31.4 Å². The number of rotatable bonds is 7. The second-order valence-corrected chi connectivity index (χ2v) is 5.50. The topological polar surface area (TPSA) is 52.6 Å². The first kappa shape index (κ1) is 18.0. The molecule has 0 heterocycles. The molecular formula is C18H24O4. The van der Waals surface area contributed by atoms with Crippen LogP contribution in [0.4, 0.5) is 0 Å². The lowest BCUT2D eigenvalue weighted by Gasteiger charge is -2.16. The number of carbonyl (C=O) groups excluding carboxylic acids is 2. The maximum Gasteiger partial charge on any atom is 0.228 e. The molecule has 1 aliphatic rings. The van der Waals surface area contributed by atoms with E-state index >= 15 is 0 Å². The van der Waals surface area contributed by atoms with Gasteiger partial charge in [-0.25, -0.2) is 0 Å². The van der Waals surface area contributed by atoms with E-state index in [1.54, 1.807) is 0 Å². The number of hydrogen-bond acceptors (Lipinski definition) is 4. The highest BCUT2D eigenvalue weighted by Crippen LogP contribution is 2.23. The third-order valence-corrected chi connectivity index (χ3v) is 3.40. The molecule has 22 heavy (non-hydrogen) atoms. The molecule has 0 spiro atoms. The molecule has 1 rings (SSSR count). The third kappa shape index (κ3) is 4.72. The summed E-state index contributed by atoms with van der Waals surface area (Å²) in [4.78, 5) is 24.2. The molecule has 0 atom stereocenters. The summed E-state index contributed by atoms with van der Waals surface area (Å²) in [5.41, 5.74) is 2.92. The molecule has 0 fully saturated rings. The predicted molar refractivity (Wildman–Crippen MR) is 86.2 cm³/mol. The van der Waals surface area contributed by atoms with Gasteiger partial charge in [-0.05, 0) is 46.1 Å². The summed E-state index contributed by atoms with van der Waals surface area (Å²) in [6.07, 6.45) is 7.85. The van der Waals surface area contributed by atoms with Gasteiger partial charge in [0.05, 0.1) is 14.2 Å². The van der Waals surface area contributed by atoms with Crippen LogP contribution in [0.2, 0.25) is 0 Å². The van der Waals surface area contributed by atoms with Crippen LogP contribution in [0.1, 0.15) is 40.0 Å². The van der Waals surface area contributed by atoms with Gasteiger partial charge in [-0.1, -0.05) is 23.3 Å². The second kappa shape index (κ2) is 8.37. The molecule has 0 saturated carbocycles. The van der Waals surface area contributed by atoms with Crippen LogP contribution in [0.5, 0.6) is 0 Å². The molecule has 4 heteroatoms. The van der Waals surface area contributed by atoms with Crippen LogP contribution >= 0.6 is 0 Å². The monoisotopic (exact) mass is 304 g/mol. The number of ether oxygens (including phenoxy) is 2. The van der Waals surface area contributed by atoms with Gasteiger partial charge in [0.25, 0.3) is 0 Å². The fourth-order valence-electron chi connectivity index (χ4n) is 2.16. The van der Waals surface area contributed by atoms with E-state index in [2.05, 4.69) is 19.9 Å². The second-order valence-electron chi connectivity index (χ2n) is 5.50. The number of ketones is 2. The summed E-state index contributed by atoms with van der Waals surface area (Å²) in [5.74, 6) is -0.655. The first-order valence-electron chi connectivity index (χ1n) is 7.31. The van der Waals surface area contributed by atoms with E-state index in [-0.39, 0.29) is 23.1 Å². The first-order chi connectivity index (χ1) is 10.4. The van der Waals surface area contributed by atoms with Crippen LogP contribution in [0.25, 0.3) is 0 Å². The Morgan fingerprint density at radius 2 is 1.68 bits per heavy atom. The zero-order valence-electron chi connectivity index (χ0n) is 14.0. The molecule has 0 aliphatic heterocycles. The van der Waals surface area contributed by atoms with Crippen molar-refractivity contribution in [2.45, 2.75) is 40.0 Å². The maximum absolute atomic E-state index is 12.3. The Labute approximate surface area is 132 Å². The number of hydrogen-bond donors (Lipinski definition) is 0. The highest BCUT2D eigenvalue weighted by Gasteiger charge is 2.29. The molecule has 0 amide bonds. The average molecular weight is 304 g/mol. The van der Waals surface area contributed by atoms with Crippen LogP contribution in [-0.2, 0) is 19.1 Å². The van der Waals surface area contributed by atoms with Crippen molar-refractivity contribution >= 4 is 11.6 Å². The Morgan fingerprint density at radius 1 is 1.05 bits per heavy atom. The molecule has 120 valence electrons. The molecule has 0 N–H and O–H groups in total. The van der Waals surface area contributed by atoms with Gasteiger partial charge in [0.1, 0.15) is 0 Å². The van der Waals surface area contributed by atoms with Crippen LogP contribution in [0.15, 0.2) is 46.5 Å². The molecule has 1 aliphatic carbocycles. The molecule has 0 saturated heterocycles. The first-order valence-corrected chi connectivity index (χ1v) is 7.31. The number of allylic oxidation sites excluding steroid dienone is 6. The van der Waals surface area contributed by atoms with Crippen LogP contribution < -0.4 is 0 Å². The number of methoxy groups -OCH3 is 2. The normalized spacial score (nSPS) is 15.7. The van der Waals surface area contributed by atoms with Gasteiger partial charge in [-0.3, -0.25) is 9.59 Å². The summed E-state index contributed by atoms with van der Waals surface area (Å²) in [6, 6.07) is 0. The van der Waals surface area contributed by atoms with E-state index < -0.39 is 0 Å². The zero-order valence-corrected chi connectivity index (χ0v) is 14.0. The standard InChI is InChI=1S/C18H24O4/c1-12(2)7-6-8-13(3)9-10-14-11-15(19)17(21-4)18(22-5)16(14)20/h7,9,11H,6,8,10H2,1-5H3. The van der Waals surface area contributed by atoms with Crippen molar-refractivity contribution in [1.29, 1.82) is 0 Å². The molecule has 0 aromatic rings. The van der Waals surface area contributed by atoms with E-state index in [4.69, 9.17) is 9.47 Å². The van der Waals surface area contributed by atoms with Gasteiger partial charge in [-0.15, -0.1) is 0 Å². The van der Waals surface area contributed by atoms with Gasteiger partial charge >= 0.3 is 0 Å². The molecule has 4 nitrogen and oxygen atoms in total. The maximum atomic E-state index is 12.3. The van der Waals surface area contributed by atoms with Crippen molar-refractivity contribution in [3.05, 3.63) is 46.5 Å². The van der Waals surface area contributed by atoms with Crippen molar-refractivity contribution in [2.75, 3.05) is 14.2 Å². The lowest BCUT2D eigenvalue weighted by atomic mass is 9.96. The van der Waals surface area contributed by atoms with Gasteiger partial charge < -0.3 is 9.47 Å². The van der Waals surface area contributed by atoms with Crippen molar-refractivity contribution < 1.29 is 19.1 Å². The van der Waals surface area contributed by atoms with Gasteiger partial charge in [0.2, 0.25) is 23.1 Å². The lowest BCUT2D eigenvalue weighted by Crippen LogP contribution is -2.21. The van der Waals surface area contributed by atoms with Crippen LogP contribution in [0, 0.1) is 0 Å². The Kier molecular flexibility index (Phi) is 6.83. The SMILES string of the molecule is COC1=C(OC)C(=O)C(CC=C(C)CCC=C(C)C)=CC1=O. The quantitative estimate of drug-likeness (QED) is 0.532. The average Bonchev–Trinajstić information content (AvgIpc) is 2.46. The molecule has 0 aromatic heterocycles. The summed E-state index contributed by atoms with van der Waals surface area (Å²) in [5, 5.41) is 0. The largest absolute Gasteiger partial charge is 0.490 e. The highest BCUT2D eigenvalue weighted by atomic mass is 16.5. The minimum Gasteiger partial charge on any atom is -0.490 e. The van der Waals surface area contributed by atoms with Gasteiger partial charge in [-0.2, -0.15) is 0 Å². The number of carbonyl (C=O) groups is 2. The smallest absolute Gasteiger partial charge is 0.228 e. The summed E-state index contributed by atoms with van der Waals surface area (Å²) in [6.45, 7) is 6.17. The minimum absolute atomic E-state index is 0.0133. The van der Waals surface area contributed by atoms with Crippen molar-refractivity contribution in [1.82, 2.24) is 0 Å². The fourth-order valence-corrected chi connectivity index (χ4v) is 2.16.